The Balaban J connectivity index is 2.37. The molecule has 1 aliphatic rings. The largest absolute Gasteiger partial charge is 0.463 e. The third-order valence-electron chi connectivity index (χ3n) is 5.00. The number of esters is 1. The standard InChI is InChI=1S/C19H36O10S/c1-3-4-5-6-7-8-9-10-11-12-15(20)27-13-14-18(29-30(23,24)25)16(21)17(22)19(26-2)28-14/h14,16-19,21-22H,3-13H2,1-2H3,(H,23,24,25)/t14-,16-,17-,18-,19+/m1/s1. The maximum absolute atomic E-state index is 12.0. The average molecular weight is 457 g/mol. The highest BCUT2D eigenvalue weighted by atomic mass is 32.3. The lowest BCUT2D eigenvalue weighted by atomic mass is 9.99. The fourth-order valence-corrected chi connectivity index (χ4v) is 3.84. The lowest BCUT2D eigenvalue weighted by Gasteiger charge is -2.40. The average Bonchev–Trinajstić information content (AvgIpc) is 2.68. The Hall–Kier alpha value is -0.820. The van der Waals surface area contributed by atoms with Crippen LogP contribution < -0.4 is 0 Å². The molecule has 0 aromatic rings. The first kappa shape index (κ1) is 27.2. The molecule has 1 aliphatic heterocycles. The molecule has 1 fully saturated rings. The Morgan fingerprint density at radius 3 is 2.07 bits per heavy atom. The smallest absolute Gasteiger partial charge is 0.397 e. The molecule has 11 heteroatoms. The van der Waals surface area contributed by atoms with Gasteiger partial charge >= 0.3 is 16.4 Å². The van der Waals surface area contributed by atoms with Crippen LogP contribution in [0.15, 0.2) is 0 Å². The van der Waals surface area contributed by atoms with Crippen LogP contribution in [0.2, 0.25) is 0 Å². The van der Waals surface area contributed by atoms with Crippen molar-refractivity contribution in [2.75, 3.05) is 13.7 Å². The van der Waals surface area contributed by atoms with Crippen molar-refractivity contribution in [3.63, 3.8) is 0 Å². The predicted octanol–water partition coefficient (Wildman–Crippen LogP) is 1.73. The lowest BCUT2D eigenvalue weighted by Crippen LogP contribution is -2.60. The molecule has 0 bridgehead atoms. The van der Waals surface area contributed by atoms with Crippen molar-refractivity contribution in [1.29, 1.82) is 0 Å². The molecule has 0 aromatic heterocycles. The van der Waals surface area contributed by atoms with Crippen LogP contribution >= 0.6 is 0 Å². The zero-order valence-electron chi connectivity index (χ0n) is 17.8. The highest BCUT2D eigenvalue weighted by Gasteiger charge is 2.47. The molecule has 5 atom stereocenters. The van der Waals surface area contributed by atoms with Crippen LogP contribution in [0.1, 0.15) is 71.1 Å². The van der Waals surface area contributed by atoms with Gasteiger partial charge in [-0.05, 0) is 6.42 Å². The number of hydrogen-bond acceptors (Lipinski definition) is 9. The van der Waals surface area contributed by atoms with Gasteiger partial charge in [-0.2, -0.15) is 8.42 Å². The fraction of sp³-hybridized carbons (Fsp3) is 0.947. The summed E-state index contributed by atoms with van der Waals surface area (Å²) < 4.78 is 50.7. The normalized spacial score (nSPS) is 27.2. The Morgan fingerprint density at radius 1 is 0.967 bits per heavy atom. The van der Waals surface area contributed by atoms with Gasteiger partial charge in [-0.25, -0.2) is 4.18 Å². The molecule has 0 amide bonds. The number of methoxy groups -OCH3 is 1. The number of carbonyl (C=O) groups is 1. The zero-order chi connectivity index (χ0) is 22.6. The van der Waals surface area contributed by atoms with Crippen molar-refractivity contribution in [1.82, 2.24) is 0 Å². The van der Waals surface area contributed by atoms with Crippen molar-refractivity contribution in [3.8, 4) is 0 Å². The number of hydrogen-bond donors (Lipinski definition) is 3. The highest BCUT2D eigenvalue weighted by molar-refractivity contribution is 7.80. The van der Waals surface area contributed by atoms with Crippen LogP contribution in [0.3, 0.4) is 0 Å². The van der Waals surface area contributed by atoms with Crippen LogP contribution in [-0.2, 0) is 33.6 Å². The predicted molar refractivity (Wildman–Crippen MR) is 107 cm³/mol. The summed E-state index contributed by atoms with van der Waals surface area (Å²) >= 11 is 0. The summed E-state index contributed by atoms with van der Waals surface area (Å²) in [6.45, 7) is 1.75. The molecule has 0 radical (unpaired) electrons. The minimum atomic E-state index is -4.94. The third kappa shape index (κ3) is 10.5. The summed E-state index contributed by atoms with van der Waals surface area (Å²) in [6.07, 6.45) is 2.62. The minimum absolute atomic E-state index is 0.200. The van der Waals surface area contributed by atoms with E-state index in [-0.39, 0.29) is 6.42 Å². The van der Waals surface area contributed by atoms with E-state index in [0.29, 0.717) is 6.42 Å². The van der Waals surface area contributed by atoms with E-state index in [0.717, 1.165) is 19.3 Å². The number of aliphatic hydroxyl groups is 2. The van der Waals surface area contributed by atoms with Gasteiger partial charge < -0.3 is 24.4 Å². The SMILES string of the molecule is CCCCCCCCCCCC(=O)OC[C@H]1O[C@H](OC)[C@H](O)[C@@H](O)[C@@H]1OS(=O)(=O)O. The molecule has 10 nitrogen and oxygen atoms in total. The molecular weight excluding hydrogens is 420 g/mol. The quantitative estimate of drug-likeness (QED) is 0.189. The lowest BCUT2D eigenvalue weighted by molar-refractivity contribution is -0.291. The van der Waals surface area contributed by atoms with Gasteiger partial charge in [0, 0.05) is 13.5 Å². The molecule has 1 heterocycles. The number of aliphatic hydroxyl groups excluding tert-OH is 2. The van der Waals surface area contributed by atoms with Gasteiger partial charge in [0.15, 0.2) is 6.29 Å². The van der Waals surface area contributed by atoms with E-state index < -0.39 is 53.7 Å². The first-order valence-electron chi connectivity index (χ1n) is 10.5. The van der Waals surface area contributed by atoms with Crippen LogP contribution in [0, 0.1) is 0 Å². The topological polar surface area (TPSA) is 149 Å². The Labute approximate surface area is 178 Å². The Morgan fingerprint density at radius 2 is 1.53 bits per heavy atom. The molecule has 30 heavy (non-hydrogen) atoms. The van der Waals surface area contributed by atoms with Crippen molar-refractivity contribution in [3.05, 3.63) is 0 Å². The van der Waals surface area contributed by atoms with Crippen LogP contribution in [-0.4, -0.2) is 73.6 Å². The van der Waals surface area contributed by atoms with Gasteiger partial charge in [-0.15, -0.1) is 0 Å². The van der Waals surface area contributed by atoms with E-state index in [9.17, 15) is 23.4 Å². The fourth-order valence-electron chi connectivity index (χ4n) is 3.32. The van der Waals surface area contributed by atoms with E-state index in [4.69, 9.17) is 18.8 Å². The van der Waals surface area contributed by atoms with E-state index in [2.05, 4.69) is 11.1 Å². The molecule has 0 unspecified atom stereocenters. The summed E-state index contributed by atoms with van der Waals surface area (Å²) in [7, 11) is -3.72. The summed E-state index contributed by atoms with van der Waals surface area (Å²) in [5.41, 5.74) is 0. The molecular formula is C19H36O10S. The number of rotatable bonds is 15. The molecule has 1 saturated heterocycles. The van der Waals surface area contributed by atoms with E-state index in [1.54, 1.807) is 0 Å². The summed E-state index contributed by atoms with van der Waals surface area (Å²) in [4.78, 5) is 12.0. The van der Waals surface area contributed by atoms with E-state index >= 15 is 0 Å². The van der Waals surface area contributed by atoms with Crippen molar-refractivity contribution < 1.29 is 46.4 Å². The first-order valence-corrected chi connectivity index (χ1v) is 11.9. The summed E-state index contributed by atoms with van der Waals surface area (Å²) in [6, 6.07) is 0. The van der Waals surface area contributed by atoms with Crippen molar-refractivity contribution in [2.24, 2.45) is 0 Å². The van der Waals surface area contributed by atoms with Gasteiger partial charge in [-0.3, -0.25) is 9.35 Å². The van der Waals surface area contributed by atoms with Gasteiger partial charge in [0.25, 0.3) is 0 Å². The first-order chi connectivity index (χ1) is 14.2. The number of carbonyl (C=O) groups excluding carboxylic acids is 1. The van der Waals surface area contributed by atoms with Crippen molar-refractivity contribution >= 4 is 16.4 Å². The van der Waals surface area contributed by atoms with Gasteiger partial charge in [-0.1, -0.05) is 58.3 Å². The van der Waals surface area contributed by atoms with Gasteiger partial charge in [0.1, 0.15) is 31.0 Å². The minimum Gasteiger partial charge on any atom is -0.463 e. The molecule has 0 aromatic carbocycles. The van der Waals surface area contributed by atoms with E-state index in [1.165, 1.54) is 39.2 Å². The van der Waals surface area contributed by atoms with Crippen LogP contribution in [0.25, 0.3) is 0 Å². The second-order valence-electron chi connectivity index (χ2n) is 7.51. The van der Waals surface area contributed by atoms with Crippen LogP contribution in [0.5, 0.6) is 0 Å². The Kier molecular flexibility index (Phi) is 13.0. The summed E-state index contributed by atoms with van der Waals surface area (Å²) in [5, 5.41) is 20.0. The molecule has 0 aliphatic carbocycles. The van der Waals surface area contributed by atoms with Gasteiger partial charge in [0.2, 0.25) is 0 Å². The Bertz CT molecular complexity index is 582. The maximum Gasteiger partial charge on any atom is 0.397 e. The maximum atomic E-state index is 12.0. The molecule has 0 saturated carbocycles. The van der Waals surface area contributed by atoms with E-state index in [1.807, 2.05) is 0 Å². The monoisotopic (exact) mass is 456 g/mol. The van der Waals surface area contributed by atoms with Crippen molar-refractivity contribution in [2.45, 2.75) is 102 Å². The molecule has 0 spiro atoms. The number of unbranched alkanes of at least 4 members (excludes halogenated alkanes) is 8. The third-order valence-corrected chi connectivity index (χ3v) is 5.46. The zero-order valence-corrected chi connectivity index (χ0v) is 18.6. The molecule has 1 rings (SSSR count). The molecule has 178 valence electrons. The molecule has 3 N–H and O–H groups in total. The highest BCUT2D eigenvalue weighted by Crippen LogP contribution is 2.25. The number of ether oxygens (including phenoxy) is 3. The second kappa shape index (κ2) is 14.3. The van der Waals surface area contributed by atoms with Crippen LogP contribution in [0.4, 0.5) is 0 Å². The van der Waals surface area contributed by atoms with Gasteiger partial charge in [0.05, 0.1) is 0 Å². The summed E-state index contributed by atoms with van der Waals surface area (Å²) in [5.74, 6) is -0.498. The second-order valence-corrected chi connectivity index (χ2v) is 8.56.